The Morgan fingerprint density at radius 1 is 1.55 bits per heavy atom. The van der Waals surface area contributed by atoms with Crippen molar-refractivity contribution in [2.24, 2.45) is 0 Å². The van der Waals surface area contributed by atoms with Crippen molar-refractivity contribution in [1.82, 2.24) is 14.6 Å². The van der Waals surface area contributed by atoms with Crippen molar-refractivity contribution >= 4 is 20.9 Å². The molecule has 2 N–H and O–H groups in total. The lowest BCUT2D eigenvalue weighted by atomic mass is 10.1. The Morgan fingerprint density at radius 3 is 3.05 bits per heavy atom. The maximum Gasteiger partial charge on any atom is 0.215 e. The van der Waals surface area contributed by atoms with E-state index in [4.69, 9.17) is 16.4 Å². The lowest BCUT2D eigenvalue weighted by Gasteiger charge is -2.08. The highest BCUT2D eigenvalue weighted by atomic mass is 32.2. The molecule has 0 spiro atoms. The molecule has 0 saturated carbocycles. The molecule has 0 unspecified atom stereocenters. The number of benzene rings is 1. The highest BCUT2D eigenvalue weighted by Crippen LogP contribution is 2.21. The number of hydrogen-bond acceptors (Lipinski definition) is 3. The standard InChI is InChI=1S/C14H21N3O2S/c1-15-20(18,19)10-11-4-5-14-13(8-11)12(9-16-14)6-7-17(2)3/h4-5,8-9,15-16H,6-7,10H2,1-3H3/i2D3,4D,5D,6D2,7D2,8D,10D2. The van der Waals surface area contributed by atoms with Gasteiger partial charge in [0.2, 0.25) is 10.0 Å². The number of aromatic amines is 1. The molecule has 0 amide bonds. The summed E-state index contributed by atoms with van der Waals surface area (Å²) in [6, 6.07) is -2.62. The van der Waals surface area contributed by atoms with Crippen molar-refractivity contribution < 1.29 is 24.9 Å². The molecule has 1 aromatic heterocycles. The summed E-state index contributed by atoms with van der Waals surface area (Å²) < 4.78 is 122. The fourth-order valence-corrected chi connectivity index (χ4v) is 1.88. The van der Waals surface area contributed by atoms with Gasteiger partial charge in [-0.25, -0.2) is 13.1 Å². The van der Waals surface area contributed by atoms with Crippen molar-refractivity contribution in [2.45, 2.75) is 12.1 Å². The van der Waals surface area contributed by atoms with Gasteiger partial charge in [0.05, 0.1) is 9.82 Å². The Balaban J connectivity index is 2.96. The maximum absolute atomic E-state index is 12.2. The van der Waals surface area contributed by atoms with Crippen molar-refractivity contribution in [3.8, 4) is 0 Å². The van der Waals surface area contributed by atoms with Crippen LogP contribution >= 0.6 is 0 Å². The number of rotatable bonds is 6. The van der Waals surface area contributed by atoms with Crippen LogP contribution in [0.3, 0.4) is 0 Å². The van der Waals surface area contributed by atoms with Gasteiger partial charge in [0.1, 0.15) is 0 Å². The summed E-state index contributed by atoms with van der Waals surface area (Å²) >= 11 is 0. The third-order valence-corrected chi connectivity index (χ3v) is 3.32. The van der Waals surface area contributed by atoms with E-state index >= 15 is 0 Å². The van der Waals surface area contributed by atoms with Crippen molar-refractivity contribution in [3.05, 3.63) is 35.5 Å². The molecule has 20 heavy (non-hydrogen) atoms. The van der Waals surface area contributed by atoms with Gasteiger partial charge in [-0.1, -0.05) is 6.04 Å². The topological polar surface area (TPSA) is 65.2 Å². The van der Waals surface area contributed by atoms with Crippen LogP contribution in [0.2, 0.25) is 0 Å². The number of aromatic nitrogens is 1. The monoisotopic (exact) mass is 307 g/mol. The summed E-state index contributed by atoms with van der Waals surface area (Å²) in [4.78, 5) is 2.62. The fraction of sp³-hybridized carbons (Fsp3) is 0.429. The molecular weight excluding hydrogens is 274 g/mol. The predicted octanol–water partition coefficient (Wildman–Crippen LogP) is 1.32. The second kappa shape index (κ2) is 5.95. The molecular formula is C14H21N3O2S. The molecule has 1 aromatic carbocycles. The molecule has 110 valence electrons. The van der Waals surface area contributed by atoms with Crippen LogP contribution in [-0.4, -0.2) is 45.9 Å². The molecule has 0 aliphatic carbocycles. The smallest absolute Gasteiger partial charge is 0.215 e. The summed E-state index contributed by atoms with van der Waals surface area (Å²) in [7, 11) is -3.02. The van der Waals surface area contributed by atoms with Gasteiger partial charge < -0.3 is 9.88 Å². The lowest BCUT2D eigenvalue weighted by Crippen LogP contribution is -2.20. The molecule has 0 fully saturated rings. The third-order valence-electron chi connectivity index (χ3n) is 2.31. The van der Waals surface area contributed by atoms with Crippen LogP contribution in [0, 0.1) is 0 Å². The first-order valence-electron chi connectivity index (χ1n) is 11.5. The van der Waals surface area contributed by atoms with E-state index in [-0.39, 0.29) is 10.4 Å². The molecule has 2 rings (SSSR count). The lowest BCUT2D eigenvalue weighted by molar-refractivity contribution is 0.414. The molecule has 2 aromatic rings. The number of hydrogen-bond donors (Lipinski definition) is 2. The summed E-state index contributed by atoms with van der Waals surface area (Å²) in [5.41, 5.74) is -5.36. The van der Waals surface area contributed by atoms with Gasteiger partial charge in [0.25, 0.3) is 0 Å². The SMILES string of the molecule is [2H]c1c(C([2H])([2H])S(=O)(=O)NC)c([2H])c2c(C([2H])([2H])C([2H])([2H])N(C)C([2H])([2H])[2H])c[nH]c2c1[2H]. The van der Waals surface area contributed by atoms with Crippen molar-refractivity contribution in [1.29, 1.82) is 0 Å². The van der Waals surface area contributed by atoms with E-state index in [1.807, 2.05) is 0 Å². The van der Waals surface area contributed by atoms with Crippen LogP contribution in [0.5, 0.6) is 0 Å². The molecule has 0 aliphatic rings. The molecule has 0 saturated heterocycles. The van der Waals surface area contributed by atoms with E-state index in [1.165, 1.54) is 0 Å². The minimum atomic E-state index is -4.77. The maximum atomic E-state index is 12.2. The van der Waals surface area contributed by atoms with E-state index in [0.717, 1.165) is 20.3 Å². The van der Waals surface area contributed by atoms with Gasteiger partial charge in [-0.05, 0) is 50.7 Å². The first-order valence-corrected chi connectivity index (χ1v) is 6.95. The molecule has 0 bridgehead atoms. The molecule has 6 heteroatoms. The predicted molar refractivity (Wildman–Crippen MR) is 82.2 cm³/mol. The second-order valence-electron chi connectivity index (χ2n) is 3.81. The Kier molecular flexibility index (Phi) is 1.72. The van der Waals surface area contributed by atoms with Gasteiger partial charge in [-0.2, -0.15) is 0 Å². The van der Waals surface area contributed by atoms with Gasteiger partial charge in [0, 0.05) is 35.9 Å². The Labute approximate surface area is 136 Å². The summed E-state index contributed by atoms with van der Waals surface area (Å²) in [6.45, 7) is -6.22. The van der Waals surface area contributed by atoms with Gasteiger partial charge in [-0.15, -0.1) is 0 Å². The molecule has 5 nitrogen and oxygen atoms in total. The fourth-order valence-electron chi connectivity index (χ4n) is 1.41. The summed E-state index contributed by atoms with van der Waals surface area (Å²) in [5, 5.41) is -0.538. The number of fused-ring (bicyclic) bond motifs is 1. The number of nitrogens with one attached hydrogen (secondary N) is 2. The number of likely N-dealkylation sites (N-methyl/N-ethyl adjacent to an activating group) is 1. The van der Waals surface area contributed by atoms with Gasteiger partial charge >= 0.3 is 0 Å². The normalized spacial score (nSPS) is 23.9. The highest BCUT2D eigenvalue weighted by molar-refractivity contribution is 7.88. The quantitative estimate of drug-likeness (QED) is 0.846. The zero-order valence-corrected chi connectivity index (χ0v) is 11.6. The first kappa shape index (κ1) is 5.79. The van der Waals surface area contributed by atoms with Crippen molar-refractivity contribution in [3.63, 3.8) is 0 Å². The van der Waals surface area contributed by atoms with Crippen LogP contribution in [0.4, 0.5) is 0 Å². The third kappa shape index (κ3) is 3.59. The highest BCUT2D eigenvalue weighted by Gasteiger charge is 2.11. The largest absolute Gasteiger partial charge is 0.361 e. The van der Waals surface area contributed by atoms with Crippen molar-refractivity contribution in [2.75, 3.05) is 27.6 Å². The second-order valence-corrected chi connectivity index (χ2v) is 5.43. The molecule has 0 radical (unpaired) electrons. The van der Waals surface area contributed by atoms with E-state index in [2.05, 4.69) is 4.98 Å². The summed E-state index contributed by atoms with van der Waals surface area (Å²) in [6.07, 6.45) is -2.25. The number of sulfonamides is 1. The van der Waals surface area contributed by atoms with E-state index in [9.17, 15) is 8.42 Å². The van der Waals surface area contributed by atoms with E-state index < -0.39 is 70.2 Å². The molecule has 0 aliphatic heterocycles. The average Bonchev–Trinajstić information content (AvgIpc) is 3.10. The van der Waals surface area contributed by atoms with Crippen LogP contribution in [0.15, 0.2) is 24.3 Å². The minimum absolute atomic E-state index is 0.175. The van der Waals surface area contributed by atoms with E-state index in [1.54, 1.807) is 4.72 Å². The van der Waals surface area contributed by atoms with Crippen LogP contribution in [0.25, 0.3) is 10.9 Å². The van der Waals surface area contributed by atoms with Gasteiger partial charge in [0.15, 0.2) is 0 Å². The number of aryl methyl sites for hydroxylation is 1. The zero-order chi connectivity index (χ0) is 25.2. The Bertz CT molecular complexity index is 1160. The Hall–Kier alpha value is -1.37. The summed E-state index contributed by atoms with van der Waals surface area (Å²) in [5.74, 6) is 0. The average molecular weight is 307 g/mol. The minimum Gasteiger partial charge on any atom is -0.361 e. The molecule has 0 atom stereocenters. The van der Waals surface area contributed by atoms with Crippen LogP contribution in [0.1, 0.15) is 27.6 Å². The van der Waals surface area contributed by atoms with Gasteiger partial charge in [-0.3, -0.25) is 0 Å². The molecule has 1 heterocycles. The van der Waals surface area contributed by atoms with E-state index in [0.29, 0.717) is 0 Å². The first-order chi connectivity index (χ1) is 14.2. The zero-order valence-electron chi connectivity index (χ0n) is 22.7. The number of nitrogens with zero attached hydrogens (tertiary/aromatic N) is 1. The Morgan fingerprint density at radius 2 is 2.35 bits per heavy atom. The van der Waals surface area contributed by atoms with Crippen LogP contribution in [-0.2, 0) is 22.1 Å². The van der Waals surface area contributed by atoms with Crippen LogP contribution < -0.4 is 4.72 Å². The number of H-pyrrole nitrogens is 1.